The molecule has 0 spiro atoms. The van der Waals surface area contributed by atoms with Crippen LogP contribution in [0.1, 0.15) is 59.5 Å². The highest BCUT2D eigenvalue weighted by Gasteiger charge is 2.34. The van der Waals surface area contributed by atoms with Crippen molar-refractivity contribution < 1.29 is 28.7 Å². The lowest BCUT2D eigenvalue weighted by atomic mass is 9.98. The molecule has 0 bridgehead atoms. The van der Waals surface area contributed by atoms with Crippen LogP contribution in [0.25, 0.3) is 11.1 Å². The minimum Gasteiger partial charge on any atom is -0.496 e. The van der Waals surface area contributed by atoms with Gasteiger partial charge in [-0.2, -0.15) is 5.26 Å². The summed E-state index contributed by atoms with van der Waals surface area (Å²) in [6, 6.07) is 23.4. The number of rotatable bonds is 11. The van der Waals surface area contributed by atoms with Crippen LogP contribution >= 0.6 is 0 Å². The standard InChI is InChI=1S/C35H36N4O6/c1-44-31-18-7-6-16-28(31)32(40)38-30(34(42)39-20-10-11-23(39)21-36)17-8-9-19-37-33(41)35(43)45-22-29-26-14-4-2-12-24(26)25-13-3-5-15-27(25)29/h2-7,12-16,18,23,29-30H,8-11,17,19-20,22H2,1H3,(H,37,41)(H,38,40)/t23-,30-/m0/s1. The summed E-state index contributed by atoms with van der Waals surface area (Å²) in [7, 11) is 1.47. The highest BCUT2D eigenvalue weighted by atomic mass is 16.5. The average Bonchev–Trinajstić information content (AvgIpc) is 3.68. The van der Waals surface area contributed by atoms with Crippen LogP contribution in [-0.4, -0.2) is 67.5 Å². The molecule has 0 radical (unpaired) electrons. The van der Waals surface area contributed by atoms with Crippen molar-refractivity contribution in [3.8, 4) is 22.9 Å². The molecule has 1 aliphatic heterocycles. The predicted molar refractivity (Wildman–Crippen MR) is 166 cm³/mol. The minimum atomic E-state index is -0.953. The molecule has 45 heavy (non-hydrogen) atoms. The third kappa shape index (κ3) is 6.99. The molecule has 2 atom stereocenters. The Bertz CT molecular complexity index is 1570. The van der Waals surface area contributed by atoms with Gasteiger partial charge >= 0.3 is 11.9 Å². The largest absolute Gasteiger partial charge is 0.496 e. The van der Waals surface area contributed by atoms with Gasteiger partial charge in [0.15, 0.2) is 0 Å². The molecule has 2 N–H and O–H groups in total. The number of amides is 3. The quantitative estimate of drug-likeness (QED) is 0.191. The average molecular weight is 609 g/mol. The van der Waals surface area contributed by atoms with Gasteiger partial charge in [-0.1, -0.05) is 60.7 Å². The van der Waals surface area contributed by atoms with E-state index in [4.69, 9.17) is 9.47 Å². The molecule has 1 aliphatic carbocycles. The number of nitriles is 1. The molecule has 10 heteroatoms. The van der Waals surface area contributed by atoms with Crippen LogP contribution < -0.4 is 15.4 Å². The molecule has 3 aromatic rings. The van der Waals surface area contributed by atoms with Gasteiger partial charge in [-0.05, 0) is 66.5 Å². The predicted octanol–water partition coefficient (Wildman–Crippen LogP) is 3.95. The lowest BCUT2D eigenvalue weighted by Crippen LogP contribution is -2.50. The Labute approximate surface area is 262 Å². The van der Waals surface area contributed by atoms with Gasteiger partial charge in [0.25, 0.3) is 5.91 Å². The maximum Gasteiger partial charge on any atom is 0.396 e. The van der Waals surface area contributed by atoms with Crippen molar-refractivity contribution in [3.05, 3.63) is 89.5 Å². The third-order valence-corrected chi connectivity index (χ3v) is 8.37. The molecule has 2 aliphatic rings. The zero-order valence-electron chi connectivity index (χ0n) is 25.2. The summed E-state index contributed by atoms with van der Waals surface area (Å²) in [6.07, 6.45) is 2.53. The number of nitrogens with one attached hydrogen (secondary N) is 2. The van der Waals surface area contributed by atoms with E-state index >= 15 is 0 Å². The Hall–Kier alpha value is -5.17. The molecule has 1 fully saturated rings. The molecule has 1 heterocycles. The smallest absolute Gasteiger partial charge is 0.396 e. The Balaban J connectivity index is 1.12. The number of fused-ring (bicyclic) bond motifs is 3. The number of ether oxygens (including phenoxy) is 2. The number of unbranched alkanes of at least 4 members (excludes halogenated alkanes) is 1. The van der Waals surface area contributed by atoms with E-state index < -0.39 is 29.9 Å². The number of carbonyl (C=O) groups is 4. The van der Waals surface area contributed by atoms with E-state index in [1.165, 1.54) is 12.0 Å². The van der Waals surface area contributed by atoms with Gasteiger partial charge in [-0.15, -0.1) is 0 Å². The SMILES string of the molecule is COc1ccccc1C(=O)N[C@@H](CCCCNC(=O)C(=O)OCC1c2ccccc2-c2ccccc21)C(=O)N1CCC[C@H]1C#N. The molecule has 0 unspecified atom stereocenters. The van der Waals surface area contributed by atoms with E-state index in [1.807, 2.05) is 48.5 Å². The van der Waals surface area contributed by atoms with E-state index in [2.05, 4.69) is 16.7 Å². The van der Waals surface area contributed by atoms with Gasteiger partial charge in [0.2, 0.25) is 5.91 Å². The summed E-state index contributed by atoms with van der Waals surface area (Å²) in [5.41, 5.74) is 4.61. The van der Waals surface area contributed by atoms with Crippen LogP contribution in [0.2, 0.25) is 0 Å². The third-order valence-electron chi connectivity index (χ3n) is 8.37. The first kappa shape index (κ1) is 31.3. The lowest BCUT2D eigenvalue weighted by molar-refractivity contribution is -0.155. The number of para-hydroxylation sites is 1. The summed E-state index contributed by atoms with van der Waals surface area (Å²) >= 11 is 0. The normalized spacial score (nSPS) is 15.7. The fraction of sp³-hybridized carbons (Fsp3) is 0.343. The van der Waals surface area contributed by atoms with Gasteiger partial charge in [0.05, 0.1) is 18.7 Å². The van der Waals surface area contributed by atoms with Crippen LogP contribution in [0.15, 0.2) is 72.8 Å². The highest BCUT2D eigenvalue weighted by molar-refractivity contribution is 6.32. The first-order valence-corrected chi connectivity index (χ1v) is 15.2. The van der Waals surface area contributed by atoms with E-state index in [-0.39, 0.29) is 31.4 Å². The second kappa shape index (κ2) is 14.5. The van der Waals surface area contributed by atoms with Crippen molar-refractivity contribution in [1.82, 2.24) is 15.5 Å². The van der Waals surface area contributed by atoms with Crippen molar-refractivity contribution >= 4 is 23.7 Å². The molecular weight excluding hydrogens is 572 g/mol. The van der Waals surface area contributed by atoms with Gasteiger partial charge in [0, 0.05) is 19.0 Å². The number of hydrogen-bond acceptors (Lipinski definition) is 7. The minimum absolute atomic E-state index is 0.0517. The van der Waals surface area contributed by atoms with Gasteiger partial charge in [-0.3, -0.25) is 14.4 Å². The molecule has 5 rings (SSSR count). The van der Waals surface area contributed by atoms with E-state index in [1.54, 1.807) is 24.3 Å². The van der Waals surface area contributed by atoms with Crippen LogP contribution in [0.3, 0.4) is 0 Å². The Morgan fingerprint density at radius 3 is 2.31 bits per heavy atom. The van der Waals surface area contributed by atoms with Gasteiger partial charge in [0.1, 0.15) is 24.4 Å². The first-order valence-electron chi connectivity index (χ1n) is 15.2. The zero-order valence-corrected chi connectivity index (χ0v) is 25.2. The van der Waals surface area contributed by atoms with E-state index in [0.29, 0.717) is 37.1 Å². The number of nitrogens with zero attached hydrogens (tertiary/aromatic N) is 2. The number of likely N-dealkylation sites (tertiary alicyclic amines) is 1. The van der Waals surface area contributed by atoms with Crippen molar-refractivity contribution in [2.45, 2.75) is 50.1 Å². The molecule has 0 saturated carbocycles. The van der Waals surface area contributed by atoms with Crippen LogP contribution in [-0.2, 0) is 19.1 Å². The summed E-state index contributed by atoms with van der Waals surface area (Å²) in [5.74, 6) is -2.32. The fourth-order valence-electron chi connectivity index (χ4n) is 6.10. The molecule has 3 amide bonds. The molecule has 10 nitrogen and oxygen atoms in total. The number of carbonyl (C=O) groups excluding carboxylic acids is 4. The summed E-state index contributed by atoms with van der Waals surface area (Å²) in [6.45, 7) is 0.694. The topological polar surface area (TPSA) is 138 Å². The number of hydrogen-bond donors (Lipinski definition) is 2. The maximum absolute atomic E-state index is 13.4. The maximum atomic E-state index is 13.4. The van der Waals surface area contributed by atoms with Gasteiger partial charge in [-0.25, -0.2) is 4.79 Å². The summed E-state index contributed by atoms with van der Waals surface area (Å²) in [5, 5.41) is 14.9. The van der Waals surface area contributed by atoms with E-state index in [9.17, 15) is 24.4 Å². The van der Waals surface area contributed by atoms with Gasteiger partial charge < -0.3 is 25.0 Å². The fourth-order valence-corrected chi connectivity index (χ4v) is 6.10. The molecule has 0 aromatic heterocycles. The van der Waals surface area contributed by atoms with E-state index in [0.717, 1.165) is 28.7 Å². The molecule has 1 saturated heterocycles. The summed E-state index contributed by atoms with van der Waals surface area (Å²) in [4.78, 5) is 53.1. The zero-order chi connectivity index (χ0) is 31.8. The van der Waals surface area contributed by atoms with Crippen molar-refractivity contribution in [3.63, 3.8) is 0 Å². The lowest BCUT2D eigenvalue weighted by Gasteiger charge is -2.26. The highest BCUT2D eigenvalue weighted by Crippen LogP contribution is 2.44. The Kier molecular flexibility index (Phi) is 10.1. The molecule has 232 valence electrons. The number of esters is 1. The second-order valence-corrected chi connectivity index (χ2v) is 11.1. The monoisotopic (exact) mass is 608 g/mol. The number of benzene rings is 3. The number of methoxy groups -OCH3 is 1. The second-order valence-electron chi connectivity index (χ2n) is 11.1. The molecular formula is C35H36N4O6. The van der Waals surface area contributed by atoms with Crippen molar-refractivity contribution in [2.24, 2.45) is 0 Å². The van der Waals surface area contributed by atoms with Crippen LogP contribution in [0.4, 0.5) is 0 Å². The Morgan fingerprint density at radius 2 is 1.62 bits per heavy atom. The van der Waals surface area contributed by atoms with Crippen molar-refractivity contribution in [2.75, 3.05) is 26.8 Å². The van der Waals surface area contributed by atoms with Crippen LogP contribution in [0, 0.1) is 11.3 Å². The summed E-state index contributed by atoms with van der Waals surface area (Å²) < 4.78 is 10.7. The molecule has 3 aromatic carbocycles. The Morgan fingerprint density at radius 1 is 0.956 bits per heavy atom. The first-order chi connectivity index (χ1) is 21.9. The van der Waals surface area contributed by atoms with Crippen molar-refractivity contribution in [1.29, 1.82) is 5.26 Å². The van der Waals surface area contributed by atoms with Crippen LogP contribution in [0.5, 0.6) is 5.75 Å².